The number of hydrogen-bond acceptors (Lipinski definition) is 5. The molecule has 0 saturated carbocycles. The monoisotopic (exact) mass is 340 g/mol. The number of rotatable bonds is 4. The van der Waals surface area contributed by atoms with Crippen molar-refractivity contribution < 1.29 is 4.79 Å². The molecule has 2 aromatic rings. The molecule has 1 aromatic heterocycles. The SMILES string of the molecule is O=C(CSc1nncc(=O)[nH]1)Nc1cccc(Br)c1. The molecule has 1 aromatic carbocycles. The Morgan fingerprint density at radius 2 is 2.32 bits per heavy atom. The fourth-order valence-electron chi connectivity index (χ4n) is 1.26. The molecule has 1 amide bonds. The highest BCUT2D eigenvalue weighted by Crippen LogP contribution is 2.16. The molecule has 0 aliphatic heterocycles. The van der Waals surface area contributed by atoms with Gasteiger partial charge in [-0.05, 0) is 18.2 Å². The molecular weight excluding hydrogens is 332 g/mol. The summed E-state index contributed by atoms with van der Waals surface area (Å²) in [5, 5.41) is 10.3. The Hall–Kier alpha value is -1.67. The van der Waals surface area contributed by atoms with Gasteiger partial charge in [0.1, 0.15) is 6.20 Å². The van der Waals surface area contributed by atoms with Crippen LogP contribution in [0.2, 0.25) is 0 Å². The van der Waals surface area contributed by atoms with Gasteiger partial charge < -0.3 is 5.32 Å². The van der Waals surface area contributed by atoms with E-state index in [-0.39, 0.29) is 17.2 Å². The Bertz CT molecular complexity index is 646. The van der Waals surface area contributed by atoms with E-state index >= 15 is 0 Å². The van der Waals surface area contributed by atoms with Gasteiger partial charge in [0, 0.05) is 10.2 Å². The summed E-state index contributed by atoms with van der Waals surface area (Å²) in [5.74, 6) is -0.0455. The fourth-order valence-corrected chi connectivity index (χ4v) is 2.28. The average molecular weight is 341 g/mol. The molecule has 0 spiro atoms. The molecule has 0 aliphatic carbocycles. The van der Waals surface area contributed by atoms with E-state index < -0.39 is 0 Å². The molecule has 0 bridgehead atoms. The average Bonchev–Trinajstić information content (AvgIpc) is 2.36. The minimum atomic E-state index is -0.343. The van der Waals surface area contributed by atoms with Crippen molar-refractivity contribution >= 4 is 39.3 Å². The second kappa shape index (κ2) is 6.48. The van der Waals surface area contributed by atoms with Gasteiger partial charge in [-0.3, -0.25) is 14.6 Å². The first-order valence-electron chi connectivity index (χ1n) is 5.24. The van der Waals surface area contributed by atoms with Gasteiger partial charge >= 0.3 is 0 Å². The summed E-state index contributed by atoms with van der Waals surface area (Å²) in [5.41, 5.74) is 0.359. The lowest BCUT2D eigenvalue weighted by molar-refractivity contribution is -0.113. The Balaban J connectivity index is 1.90. The second-order valence-corrected chi connectivity index (χ2v) is 5.37. The van der Waals surface area contributed by atoms with Crippen molar-refractivity contribution in [1.29, 1.82) is 0 Å². The van der Waals surface area contributed by atoms with Crippen LogP contribution in [0.1, 0.15) is 0 Å². The van der Waals surface area contributed by atoms with Gasteiger partial charge in [0.25, 0.3) is 5.56 Å². The predicted molar refractivity (Wildman–Crippen MR) is 76.1 cm³/mol. The summed E-state index contributed by atoms with van der Waals surface area (Å²) in [6, 6.07) is 7.28. The first-order chi connectivity index (χ1) is 9.13. The van der Waals surface area contributed by atoms with Crippen molar-refractivity contribution in [2.45, 2.75) is 5.16 Å². The van der Waals surface area contributed by atoms with Crippen molar-refractivity contribution in [3.8, 4) is 0 Å². The number of carbonyl (C=O) groups excluding carboxylic acids is 1. The van der Waals surface area contributed by atoms with Gasteiger partial charge in [0.05, 0.1) is 5.75 Å². The summed E-state index contributed by atoms with van der Waals surface area (Å²) < 4.78 is 0.885. The number of carbonyl (C=O) groups is 1. The fraction of sp³-hybridized carbons (Fsp3) is 0.0909. The number of hydrogen-bond donors (Lipinski definition) is 2. The van der Waals surface area contributed by atoms with E-state index in [0.717, 1.165) is 22.4 Å². The number of thioether (sulfide) groups is 1. The molecule has 0 atom stereocenters. The number of nitrogens with zero attached hydrogens (tertiary/aromatic N) is 2. The summed E-state index contributed by atoms with van der Waals surface area (Å²) in [7, 11) is 0. The molecule has 0 unspecified atom stereocenters. The lowest BCUT2D eigenvalue weighted by Gasteiger charge is -2.04. The molecule has 1 heterocycles. The third-order valence-corrected chi connectivity index (χ3v) is 3.36. The van der Waals surface area contributed by atoms with Crippen molar-refractivity contribution in [3.63, 3.8) is 0 Å². The van der Waals surface area contributed by atoms with Gasteiger partial charge in [0.2, 0.25) is 5.91 Å². The molecule has 19 heavy (non-hydrogen) atoms. The predicted octanol–water partition coefficient (Wildman–Crippen LogP) is 1.66. The van der Waals surface area contributed by atoms with Crippen LogP contribution >= 0.6 is 27.7 Å². The molecule has 0 saturated heterocycles. The Morgan fingerprint density at radius 1 is 1.47 bits per heavy atom. The minimum absolute atomic E-state index is 0.140. The highest BCUT2D eigenvalue weighted by Gasteiger charge is 2.05. The smallest absolute Gasteiger partial charge is 0.270 e. The van der Waals surface area contributed by atoms with Crippen molar-refractivity contribution in [2.24, 2.45) is 0 Å². The van der Waals surface area contributed by atoms with Gasteiger partial charge in [-0.2, -0.15) is 5.10 Å². The number of nitrogens with one attached hydrogen (secondary N) is 2. The zero-order valence-corrected chi connectivity index (χ0v) is 12.0. The normalized spacial score (nSPS) is 10.2. The molecule has 98 valence electrons. The third-order valence-electron chi connectivity index (χ3n) is 2.00. The maximum absolute atomic E-state index is 11.7. The highest BCUT2D eigenvalue weighted by molar-refractivity contribution is 9.10. The first-order valence-corrected chi connectivity index (χ1v) is 7.01. The number of H-pyrrole nitrogens is 1. The Morgan fingerprint density at radius 3 is 3.05 bits per heavy atom. The number of aromatic amines is 1. The van der Waals surface area contributed by atoms with E-state index in [1.54, 1.807) is 12.1 Å². The molecule has 2 rings (SSSR count). The molecular formula is C11H9BrN4O2S. The van der Waals surface area contributed by atoms with Crippen LogP contribution < -0.4 is 10.9 Å². The standard InChI is InChI=1S/C11H9BrN4O2S/c12-7-2-1-3-8(4-7)14-10(18)6-19-11-15-9(17)5-13-16-11/h1-5H,6H2,(H,14,18)(H,15,16,17). The third kappa shape index (κ3) is 4.49. The van der Waals surface area contributed by atoms with Crippen LogP contribution in [-0.4, -0.2) is 26.8 Å². The molecule has 0 fully saturated rings. The maximum Gasteiger partial charge on any atom is 0.270 e. The van der Waals surface area contributed by atoms with E-state index in [9.17, 15) is 9.59 Å². The number of benzene rings is 1. The topological polar surface area (TPSA) is 87.7 Å². The number of halogens is 1. The van der Waals surface area contributed by atoms with Crippen LogP contribution in [0.3, 0.4) is 0 Å². The quantitative estimate of drug-likeness (QED) is 0.826. The van der Waals surface area contributed by atoms with Crippen LogP contribution in [0, 0.1) is 0 Å². The van der Waals surface area contributed by atoms with E-state index in [1.807, 2.05) is 12.1 Å². The molecule has 6 nitrogen and oxygen atoms in total. The zero-order valence-electron chi connectivity index (χ0n) is 9.59. The molecule has 0 radical (unpaired) electrons. The zero-order chi connectivity index (χ0) is 13.7. The van der Waals surface area contributed by atoms with E-state index in [2.05, 4.69) is 36.4 Å². The lowest BCUT2D eigenvalue weighted by atomic mass is 10.3. The largest absolute Gasteiger partial charge is 0.325 e. The van der Waals surface area contributed by atoms with Crippen LogP contribution in [0.4, 0.5) is 5.69 Å². The van der Waals surface area contributed by atoms with Gasteiger partial charge in [-0.25, -0.2) is 0 Å². The van der Waals surface area contributed by atoms with Crippen molar-refractivity contribution in [3.05, 3.63) is 45.3 Å². The second-order valence-electron chi connectivity index (χ2n) is 3.49. The van der Waals surface area contributed by atoms with Crippen LogP contribution in [-0.2, 0) is 4.79 Å². The molecule has 0 aliphatic rings. The van der Waals surface area contributed by atoms with E-state index in [4.69, 9.17) is 0 Å². The summed E-state index contributed by atoms with van der Waals surface area (Å²) >= 11 is 4.43. The maximum atomic E-state index is 11.7. The van der Waals surface area contributed by atoms with Crippen molar-refractivity contribution in [1.82, 2.24) is 15.2 Å². The first kappa shape index (κ1) is 13.8. The highest BCUT2D eigenvalue weighted by atomic mass is 79.9. The minimum Gasteiger partial charge on any atom is -0.325 e. The molecule has 8 heteroatoms. The van der Waals surface area contributed by atoms with Gasteiger partial charge in [-0.15, -0.1) is 5.10 Å². The number of anilines is 1. The summed E-state index contributed by atoms with van der Waals surface area (Å²) in [4.78, 5) is 25.2. The molecule has 2 N–H and O–H groups in total. The van der Waals surface area contributed by atoms with Crippen LogP contribution in [0.25, 0.3) is 0 Å². The number of aromatic nitrogens is 3. The summed E-state index contributed by atoms with van der Waals surface area (Å²) in [6.45, 7) is 0. The van der Waals surface area contributed by atoms with Gasteiger partial charge in [-0.1, -0.05) is 33.8 Å². The van der Waals surface area contributed by atoms with E-state index in [1.165, 1.54) is 0 Å². The van der Waals surface area contributed by atoms with Gasteiger partial charge in [0.15, 0.2) is 5.16 Å². The van der Waals surface area contributed by atoms with Crippen LogP contribution in [0.5, 0.6) is 0 Å². The Kier molecular flexibility index (Phi) is 4.69. The van der Waals surface area contributed by atoms with Crippen LogP contribution in [0.15, 0.2) is 44.9 Å². The lowest BCUT2D eigenvalue weighted by Crippen LogP contribution is -2.15. The van der Waals surface area contributed by atoms with E-state index in [0.29, 0.717) is 10.8 Å². The summed E-state index contributed by atoms with van der Waals surface area (Å²) in [6.07, 6.45) is 1.08. The Labute approximate surface area is 121 Å². The number of amides is 1. The van der Waals surface area contributed by atoms with Crippen molar-refractivity contribution in [2.75, 3.05) is 11.1 Å².